The third-order valence-corrected chi connectivity index (χ3v) is 3.47. The molecule has 1 rings (SSSR count). The van der Waals surface area contributed by atoms with Gasteiger partial charge in [-0.1, -0.05) is 37.1 Å². The lowest BCUT2D eigenvalue weighted by Gasteiger charge is -2.03. The monoisotopic (exact) mass is 239 g/mol. The fraction of sp³-hybridized carbons (Fsp3) is 0.333. The molecule has 0 saturated heterocycles. The van der Waals surface area contributed by atoms with Gasteiger partial charge in [-0.2, -0.15) is 0 Å². The second-order valence-corrected chi connectivity index (χ2v) is 5.34. The summed E-state index contributed by atoms with van der Waals surface area (Å²) < 4.78 is 25.9. The Morgan fingerprint density at radius 3 is 2.44 bits per heavy atom. The van der Waals surface area contributed by atoms with Gasteiger partial charge in [0.15, 0.2) is 0 Å². The molecule has 1 aromatic rings. The number of aryl methyl sites for hydroxylation is 1. The Balaban J connectivity index is 2.74. The summed E-state index contributed by atoms with van der Waals surface area (Å²) in [5.41, 5.74) is 1.04. The van der Waals surface area contributed by atoms with E-state index in [0.717, 1.165) is 18.4 Å². The summed E-state index contributed by atoms with van der Waals surface area (Å²) in [7, 11) is -3.39. The van der Waals surface area contributed by atoms with Gasteiger partial charge in [-0.25, -0.2) is 8.42 Å². The van der Waals surface area contributed by atoms with Crippen molar-refractivity contribution in [3.8, 4) is 0 Å². The molecule has 3 nitrogen and oxygen atoms in total. The number of hydrogen-bond acceptors (Lipinski definition) is 2. The van der Waals surface area contributed by atoms with Crippen LogP contribution in [0, 0.1) is 6.92 Å². The fourth-order valence-electron chi connectivity index (χ4n) is 1.17. The van der Waals surface area contributed by atoms with Gasteiger partial charge in [0.25, 0.3) is 10.0 Å². The summed E-state index contributed by atoms with van der Waals surface area (Å²) in [5.74, 6) is 0. The Morgan fingerprint density at radius 2 is 1.88 bits per heavy atom. The average Bonchev–Trinajstić information content (AvgIpc) is 2.25. The summed E-state index contributed by atoms with van der Waals surface area (Å²) in [6.07, 6.45) is 5.17. The number of benzene rings is 1. The molecule has 0 radical (unpaired) electrons. The van der Waals surface area contributed by atoms with Crippen molar-refractivity contribution in [2.45, 2.75) is 31.6 Å². The number of sulfonamides is 1. The molecular weight excluding hydrogens is 222 g/mol. The second-order valence-electron chi connectivity index (χ2n) is 3.63. The smallest absolute Gasteiger partial charge is 0.261 e. The van der Waals surface area contributed by atoms with Gasteiger partial charge in [0.05, 0.1) is 4.90 Å². The Bertz CT molecular complexity index is 446. The molecule has 1 N–H and O–H groups in total. The standard InChI is InChI=1S/C12H17NO2S/c1-3-4-5-10-13-16(14,15)12-8-6-11(2)7-9-12/h5-10,13H,3-4H2,1-2H3. The minimum absolute atomic E-state index is 0.291. The normalized spacial score (nSPS) is 11.9. The van der Waals surface area contributed by atoms with E-state index < -0.39 is 10.0 Å². The van der Waals surface area contributed by atoms with Gasteiger partial charge in [-0.15, -0.1) is 0 Å². The predicted octanol–water partition coefficient (Wildman–Crippen LogP) is 2.59. The highest BCUT2D eigenvalue weighted by Crippen LogP contribution is 2.09. The minimum Gasteiger partial charge on any atom is -0.287 e. The third kappa shape index (κ3) is 3.70. The molecule has 4 heteroatoms. The molecule has 88 valence electrons. The van der Waals surface area contributed by atoms with E-state index in [1.165, 1.54) is 6.20 Å². The Kier molecular flexibility index (Phi) is 4.55. The van der Waals surface area contributed by atoms with Crippen LogP contribution in [0.2, 0.25) is 0 Å². The highest BCUT2D eigenvalue weighted by Gasteiger charge is 2.10. The Labute approximate surface area is 97.2 Å². The van der Waals surface area contributed by atoms with Crippen LogP contribution < -0.4 is 4.72 Å². The second kappa shape index (κ2) is 5.70. The summed E-state index contributed by atoms with van der Waals surface area (Å²) in [4.78, 5) is 0.291. The van der Waals surface area contributed by atoms with Gasteiger partial charge in [0.1, 0.15) is 0 Å². The van der Waals surface area contributed by atoms with Crippen LogP contribution in [0.5, 0.6) is 0 Å². The van der Waals surface area contributed by atoms with Crippen LogP contribution in [0.25, 0.3) is 0 Å². The molecule has 0 amide bonds. The third-order valence-electron chi connectivity index (χ3n) is 2.13. The van der Waals surface area contributed by atoms with Crippen LogP contribution in [0.1, 0.15) is 25.3 Å². The Hall–Kier alpha value is -1.29. The molecule has 0 aliphatic rings. The molecule has 0 heterocycles. The van der Waals surface area contributed by atoms with Crippen molar-refractivity contribution in [1.82, 2.24) is 4.72 Å². The summed E-state index contributed by atoms with van der Waals surface area (Å²) in [6, 6.07) is 6.77. The van der Waals surface area contributed by atoms with Crippen LogP contribution in [0.15, 0.2) is 41.4 Å². The van der Waals surface area contributed by atoms with Crippen molar-refractivity contribution in [1.29, 1.82) is 0 Å². The van der Waals surface area contributed by atoms with Crippen molar-refractivity contribution in [2.75, 3.05) is 0 Å². The number of hydrogen-bond donors (Lipinski definition) is 1. The zero-order valence-electron chi connectivity index (χ0n) is 9.60. The van der Waals surface area contributed by atoms with Crippen LogP contribution in [0.3, 0.4) is 0 Å². The van der Waals surface area contributed by atoms with E-state index in [-0.39, 0.29) is 0 Å². The highest BCUT2D eigenvalue weighted by atomic mass is 32.2. The quantitative estimate of drug-likeness (QED) is 0.858. The van der Waals surface area contributed by atoms with Gasteiger partial charge >= 0.3 is 0 Å². The van der Waals surface area contributed by atoms with Crippen molar-refractivity contribution in [3.05, 3.63) is 42.1 Å². The molecule has 0 fully saturated rings. The largest absolute Gasteiger partial charge is 0.287 e. The molecule has 0 atom stereocenters. The average molecular weight is 239 g/mol. The molecule has 0 spiro atoms. The molecule has 0 saturated carbocycles. The van der Waals surface area contributed by atoms with Crippen LogP contribution in [-0.2, 0) is 10.0 Å². The molecule has 0 aliphatic heterocycles. The zero-order valence-corrected chi connectivity index (χ0v) is 10.4. The fourth-order valence-corrected chi connectivity index (χ4v) is 2.08. The highest BCUT2D eigenvalue weighted by molar-refractivity contribution is 7.89. The van der Waals surface area contributed by atoms with E-state index in [0.29, 0.717) is 4.90 Å². The predicted molar refractivity (Wildman–Crippen MR) is 65.5 cm³/mol. The lowest BCUT2D eigenvalue weighted by atomic mass is 10.2. The van der Waals surface area contributed by atoms with Crippen LogP contribution in [0.4, 0.5) is 0 Å². The SMILES string of the molecule is CCCC=CNS(=O)(=O)c1ccc(C)cc1. The molecule has 16 heavy (non-hydrogen) atoms. The van der Waals surface area contributed by atoms with Crippen molar-refractivity contribution < 1.29 is 8.42 Å². The number of unbranched alkanes of at least 4 members (excludes halogenated alkanes) is 1. The summed E-state index contributed by atoms with van der Waals surface area (Å²) >= 11 is 0. The maximum Gasteiger partial charge on any atom is 0.261 e. The molecule has 0 aromatic heterocycles. The number of allylic oxidation sites excluding steroid dienone is 1. The van der Waals surface area contributed by atoms with E-state index >= 15 is 0 Å². The minimum atomic E-state index is -3.39. The molecule has 0 unspecified atom stereocenters. The maximum absolute atomic E-state index is 11.7. The lowest BCUT2D eigenvalue weighted by Crippen LogP contribution is -2.17. The first-order chi connectivity index (χ1) is 7.56. The van der Waals surface area contributed by atoms with Crippen molar-refractivity contribution in [3.63, 3.8) is 0 Å². The Morgan fingerprint density at radius 1 is 1.25 bits per heavy atom. The van der Waals surface area contributed by atoms with Gasteiger partial charge in [0, 0.05) is 6.20 Å². The van der Waals surface area contributed by atoms with Gasteiger partial charge in [0.2, 0.25) is 0 Å². The summed E-state index contributed by atoms with van der Waals surface area (Å²) in [5, 5.41) is 0. The maximum atomic E-state index is 11.7. The molecular formula is C12H17NO2S. The molecule has 1 aromatic carbocycles. The van der Waals surface area contributed by atoms with Gasteiger partial charge in [-0.05, 0) is 25.5 Å². The number of nitrogens with one attached hydrogen (secondary N) is 1. The van der Waals surface area contributed by atoms with E-state index in [4.69, 9.17) is 0 Å². The van der Waals surface area contributed by atoms with Crippen molar-refractivity contribution >= 4 is 10.0 Å². The van der Waals surface area contributed by atoms with Crippen LogP contribution >= 0.6 is 0 Å². The first-order valence-corrected chi connectivity index (χ1v) is 6.78. The molecule has 0 aliphatic carbocycles. The van der Waals surface area contributed by atoms with Crippen molar-refractivity contribution in [2.24, 2.45) is 0 Å². The number of rotatable bonds is 5. The summed E-state index contributed by atoms with van der Waals surface area (Å²) in [6.45, 7) is 3.96. The first kappa shape index (κ1) is 12.8. The van der Waals surface area contributed by atoms with E-state index in [1.807, 2.05) is 19.9 Å². The van der Waals surface area contributed by atoms with Crippen LogP contribution in [-0.4, -0.2) is 8.42 Å². The van der Waals surface area contributed by atoms with E-state index in [9.17, 15) is 8.42 Å². The zero-order chi connectivity index (χ0) is 12.0. The van der Waals surface area contributed by atoms with Gasteiger partial charge in [-0.3, -0.25) is 4.72 Å². The topological polar surface area (TPSA) is 46.2 Å². The molecule has 0 bridgehead atoms. The lowest BCUT2D eigenvalue weighted by molar-refractivity contribution is 0.590. The first-order valence-electron chi connectivity index (χ1n) is 5.30. The van der Waals surface area contributed by atoms with Gasteiger partial charge < -0.3 is 0 Å². The van der Waals surface area contributed by atoms with E-state index in [1.54, 1.807) is 24.3 Å². The van der Waals surface area contributed by atoms with E-state index in [2.05, 4.69) is 4.72 Å².